The monoisotopic (exact) mass is 373 g/mol. The van der Waals surface area contributed by atoms with Crippen molar-refractivity contribution in [2.45, 2.75) is 64.4 Å². The van der Waals surface area contributed by atoms with Crippen LogP contribution < -0.4 is 14.8 Å². The average Bonchev–Trinajstić information content (AvgIpc) is 3.33. The molecule has 1 saturated carbocycles. The largest absolute Gasteiger partial charge is 0.493 e. The van der Waals surface area contributed by atoms with Crippen LogP contribution in [0.25, 0.3) is 0 Å². The molecule has 0 bridgehead atoms. The van der Waals surface area contributed by atoms with Gasteiger partial charge in [0.1, 0.15) is 0 Å². The number of hydrogen-bond acceptors (Lipinski definition) is 6. The van der Waals surface area contributed by atoms with Gasteiger partial charge in [0.25, 0.3) is 0 Å². The van der Waals surface area contributed by atoms with E-state index in [0.29, 0.717) is 35.3 Å². The van der Waals surface area contributed by atoms with Gasteiger partial charge in [-0.1, -0.05) is 12.1 Å². The lowest BCUT2D eigenvalue weighted by Gasteiger charge is -2.17. The number of rotatable bonds is 9. The summed E-state index contributed by atoms with van der Waals surface area (Å²) >= 11 is 0. The maximum Gasteiger partial charge on any atom is 0.227 e. The van der Waals surface area contributed by atoms with E-state index in [1.54, 1.807) is 7.11 Å². The Bertz CT molecular complexity index is 753. The lowest BCUT2D eigenvalue weighted by Crippen LogP contribution is -2.14. The van der Waals surface area contributed by atoms with E-state index in [0.717, 1.165) is 25.7 Å². The molecule has 1 amide bonds. The Labute approximate surface area is 159 Å². The van der Waals surface area contributed by atoms with Gasteiger partial charge in [0.2, 0.25) is 11.8 Å². The molecule has 7 heteroatoms. The molecule has 2 aromatic rings. The topological polar surface area (TPSA) is 86.5 Å². The number of carbonyl (C=O) groups is 1. The maximum atomic E-state index is 12.3. The van der Waals surface area contributed by atoms with Gasteiger partial charge in [-0.25, -0.2) is 0 Å². The molecule has 0 spiro atoms. The summed E-state index contributed by atoms with van der Waals surface area (Å²) in [5.41, 5.74) is 0.686. The molecule has 0 atom stereocenters. The van der Waals surface area contributed by atoms with Crippen molar-refractivity contribution in [3.05, 3.63) is 29.9 Å². The highest BCUT2D eigenvalue weighted by atomic mass is 16.5. The molecule has 1 N–H and O–H groups in total. The van der Waals surface area contributed by atoms with E-state index >= 15 is 0 Å². The van der Waals surface area contributed by atoms with Crippen LogP contribution in [0, 0.1) is 0 Å². The van der Waals surface area contributed by atoms with Crippen LogP contribution in [0.2, 0.25) is 0 Å². The first-order valence-corrected chi connectivity index (χ1v) is 9.64. The lowest BCUT2D eigenvalue weighted by atomic mass is 10.2. The number of carbonyl (C=O) groups excluding carboxylic acids is 1. The third-order valence-electron chi connectivity index (χ3n) is 4.59. The first kappa shape index (κ1) is 19.2. The van der Waals surface area contributed by atoms with Gasteiger partial charge in [0.05, 0.1) is 13.2 Å². The van der Waals surface area contributed by atoms with Gasteiger partial charge in [-0.15, -0.1) is 0 Å². The van der Waals surface area contributed by atoms with E-state index in [-0.39, 0.29) is 18.4 Å². The molecule has 1 aromatic heterocycles. The molecular formula is C20H27N3O4. The molecule has 0 unspecified atom stereocenters. The van der Waals surface area contributed by atoms with Gasteiger partial charge in [-0.3, -0.25) is 4.79 Å². The van der Waals surface area contributed by atoms with E-state index in [1.165, 1.54) is 12.8 Å². The van der Waals surface area contributed by atoms with Crippen molar-refractivity contribution in [2.75, 3.05) is 12.4 Å². The quantitative estimate of drug-likeness (QED) is 0.717. The number of hydrogen-bond donors (Lipinski definition) is 1. The van der Waals surface area contributed by atoms with E-state index in [2.05, 4.69) is 22.4 Å². The highest BCUT2D eigenvalue weighted by Gasteiger charge is 2.19. The number of benzene rings is 1. The van der Waals surface area contributed by atoms with Crippen molar-refractivity contribution in [1.82, 2.24) is 10.1 Å². The molecule has 0 aliphatic heterocycles. The normalized spacial score (nSPS) is 14.3. The zero-order valence-corrected chi connectivity index (χ0v) is 16.0. The Morgan fingerprint density at radius 1 is 1.26 bits per heavy atom. The highest BCUT2D eigenvalue weighted by Crippen LogP contribution is 2.33. The molecular weight excluding hydrogens is 346 g/mol. The van der Waals surface area contributed by atoms with Crippen LogP contribution in [0.4, 0.5) is 5.69 Å². The Morgan fingerprint density at radius 3 is 2.81 bits per heavy atom. The van der Waals surface area contributed by atoms with Crippen LogP contribution in [-0.2, 0) is 17.6 Å². The van der Waals surface area contributed by atoms with Crippen molar-refractivity contribution >= 4 is 11.6 Å². The molecule has 146 valence electrons. The maximum absolute atomic E-state index is 12.3. The molecule has 0 radical (unpaired) electrons. The zero-order valence-electron chi connectivity index (χ0n) is 16.0. The Hall–Kier alpha value is -2.57. The fourth-order valence-electron chi connectivity index (χ4n) is 3.19. The van der Waals surface area contributed by atoms with Crippen molar-refractivity contribution in [1.29, 1.82) is 0 Å². The molecule has 7 nitrogen and oxygen atoms in total. The number of aromatic nitrogens is 2. The molecule has 27 heavy (non-hydrogen) atoms. The second-order valence-corrected chi connectivity index (χ2v) is 6.79. The van der Waals surface area contributed by atoms with Crippen LogP contribution in [0.5, 0.6) is 11.5 Å². The second-order valence-electron chi connectivity index (χ2n) is 6.79. The summed E-state index contributed by atoms with van der Waals surface area (Å²) in [7, 11) is 1.62. The molecule has 1 aliphatic carbocycles. The van der Waals surface area contributed by atoms with Crippen molar-refractivity contribution in [3.63, 3.8) is 0 Å². The summed E-state index contributed by atoms with van der Waals surface area (Å²) in [4.78, 5) is 16.5. The van der Waals surface area contributed by atoms with Gasteiger partial charge >= 0.3 is 0 Å². The van der Waals surface area contributed by atoms with Gasteiger partial charge < -0.3 is 19.3 Å². The minimum Gasteiger partial charge on any atom is -0.493 e. The summed E-state index contributed by atoms with van der Waals surface area (Å²) < 4.78 is 16.6. The van der Waals surface area contributed by atoms with Gasteiger partial charge in [0, 0.05) is 31.0 Å². The number of amides is 1. The third kappa shape index (κ3) is 5.45. The van der Waals surface area contributed by atoms with Crippen molar-refractivity contribution in [2.24, 2.45) is 0 Å². The Balaban J connectivity index is 1.56. The van der Waals surface area contributed by atoms with E-state index < -0.39 is 0 Å². The minimum absolute atomic E-state index is 0.109. The van der Waals surface area contributed by atoms with Crippen LogP contribution in [0.3, 0.4) is 0 Å². The molecule has 1 aliphatic rings. The first-order chi connectivity index (χ1) is 13.2. The summed E-state index contributed by atoms with van der Waals surface area (Å²) in [6.07, 6.45) is 7.17. The smallest absolute Gasteiger partial charge is 0.227 e. The second kappa shape index (κ2) is 9.39. The number of ether oxygens (including phenoxy) is 2. The number of nitrogens with zero attached hydrogens (tertiary/aromatic N) is 2. The number of anilines is 1. The van der Waals surface area contributed by atoms with Crippen molar-refractivity contribution in [3.8, 4) is 11.5 Å². The third-order valence-corrected chi connectivity index (χ3v) is 4.59. The standard InChI is InChI=1S/C20H27N3O4/c1-3-6-18-22-20(27-23-18)12-11-19(24)21-14-9-10-16(25-2)17(13-14)26-15-7-4-5-8-15/h9-10,13,15H,3-8,11-12H2,1-2H3,(H,21,24). The van der Waals surface area contributed by atoms with Crippen LogP contribution in [-0.4, -0.2) is 29.3 Å². The zero-order chi connectivity index (χ0) is 19.1. The summed E-state index contributed by atoms with van der Waals surface area (Å²) in [5.74, 6) is 2.42. The van der Waals surface area contributed by atoms with Crippen LogP contribution in [0.15, 0.2) is 22.7 Å². The van der Waals surface area contributed by atoms with Gasteiger partial charge in [-0.2, -0.15) is 4.98 Å². The Kier molecular flexibility index (Phi) is 6.68. The summed E-state index contributed by atoms with van der Waals surface area (Å²) in [6, 6.07) is 5.44. The van der Waals surface area contributed by atoms with Crippen LogP contribution >= 0.6 is 0 Å². The Morgan fingerprint density at radius 2 is 2.07 bits per heavy atom. The van der Waals surface area contributed by atoms with Gasteiger partial charge in [0.15, 0.2) is 17.3 Å². The molecule has 0 saturated heterocycles. The minimum atomic E-state index is -0.109. The molecule has 1 aromatic carbocycles. The predicted octanol–water partition coefficient (Wildman–Crippen LogP) is 3.92. The van der Waals surface area contributed by atoms with Crippen molar-refractivity contribution < 1.29 is 18.8 Å². The highest BCUT2D eigenvalue weighted by molar-refractivity contribution is 5.91. The summed E-state index contributed by atoms with van der Waals surface area (Å²) in [6.45, 7) is 2.06. The summed E-state index contributed by atoms with van der Waals surface area (Å²) in [5, 5.41) is 6.80. The molecule has 3 rings (SSSR count). The SMILES string of the molecule is CCCc1noc(CCC(=O)Nc2ccc(OC)c(OC3CCCC3)c2)n1. The first-order valence-electron chi connectivity index (χ1n) is 9.64. The predicted molar refractivity (Wildman–Crippen MR) is 101 cm³/mol. The average molecular weight is 373 g/mol. The van der Waals surface area contributed by atoms with Crippen LogP contribution in [0.1, 0.15) is 57.2 Å². The fourth-order valence-corrected chi connectivity index (χ4v) is 3.19. The molecule has 1 heterocycles. The lowest BCUT2D eigenvalue weighted by molar-refractivity contribution is -0.116. The van der Waals surface area contributed by atoms with Gasteiger partial charge in [-0.05, 0) is 44.2 Å². The number of methoxy groups -OCH3 is 1. The number of aryl methyl sites for hydroxylation is 2. The fraction of sp³-hybridized carbons (Fsp3) is 0.550. The van der Waals surface area contributed by atoms with E-state index in [4.69, 9.17) is 14.0 Å². The van der Waals surface area contributed by atoms with E-state index in [1.807, 2.05) is 18.2 Å². The number of nitrogens with one attached hydrogen (secondary N) is 1. The molecule has 1 fully saturated rings. The van der Waals surface area contributed by atoms with E-state index in [9.17, 15) is 4.79 Å².